The maximum Gasteiger partial charge on any atom is 0.321 e. The lowest BCUT2D eigenvalue weighted by molar-refractivity contribution is -0.895. The van der Waals surface area contributed by atoms with E-state index in [4.69, 9.17) is 0 Å². The number of imide groups is 1. The van der Waals surface area contributed by atoms with E-state index in [1.807, 2.05) is 19.1 Å². The minimum atomic E-state index is -3.54. The molecule has 3 amide bonds. The van der Waals surface area contributed by atoms with Gasteiger partial charge in [0.1, 0.15) is 0 Å². The third-order valence-electron chi connectivity index (χ3n) is 5.33. The van der Waals surface area contributed by atoms with Crippen molar-refractivity contribution in [3.8, 4) is 0 Å². The SMILES string of the molecule is CCCNC(=O)NC(=O)C[NH+]1CCN(S(=O)(=O)c2ccc([C@@H](C)CC)cc2)CC1. The molecule has 2 rings (SSSR count). The Balaban J connectivity index is 1.87. The van der Waals surface area contributed by atoms with Crippen LogP contribution >= 0.6 is 0 Å². The van der Waals surface area contributed by atoms with E-state index in [9.17, 15) is 18.0 Å². The van der Waals surface area contributed by atoms with E-state index >= 15 is 0 Å². The second kappa shape index (κ2) is 10.7. The van der Waals surface area contributed by atoms with Gasteiger partial charge in [0.25, 0.3) is 5.91 Å². The van der Waals surface area contributed by atoms with Gasteiger partial charge in [0.2, 0.25) is 10.0 Å². The summed E-state index contributed by atoms with van der Waals surface area (Å²) >= 11 is 0. The molecule has 1 aliphatic heterocycles. The quantitative estimate of drug-likeness (QED) is 0.559. The fourth-order valence-corrected chi connectivity index (χ4v) is 4.69. The molecule has 0 spiro atoms. The maximum atomic E-state index is 12.9. The first kappa shape index (κ1) is 23.3. The first-order valence-corrected chi connectivity index (χ1v) is 11.7. The Morgan fingerprint density at radius 2 is 1.76 bits per heavy atom. The molecule has 9 heteroatoms. The lowest BCUT2D eigenvalue weighted by atomic mass is 9.99. The van der Waals surface area contributed by atoms with E-state index < -0.39 is 16.1 Å². The van der Waals surface area contributed by atoms with E-state index in [0.717, 1.165) is 23.3 Å². The van der Waals surface area contributed by atoms with Crippen molar-refractivity contribution in [2.24, 2.45) is 0 Å². The number of amides is 3. The van der Waals surface area contributed by atoms with Gasteiger partial charge >= 0.3 is 6.03 Å². The number of urea groups is 1. The van der Waals surface area contributed by atoms with E-state index in [1.54, 1.807) is 12.1 Å². The topological polar surface area (TPSA) is 100 Å². The molecule has 1 saturated heterocycles. The monoisotopic (exact) mass is 425 g/mol. The smallest absolute Gasteiger partial charge is 0.321 e. The molecule has 1 heterocycles. The van der Waals surface area contributed by atoms with Gasteiger partial charge in [-0.1, -0.05) is 32.9 Å². The van der Waals surface area contributed by atoms with Crippen LogP contribution in [0.2, 0.25) is 0 Å². The second-order valence-corrected chi connectivity index (χ2v) is 9.45. The largest absolute Gasteiger partial charge is 0.338 e. The van der Waals surface area contributed by atoms with E-state index in [1.165, 1.54) is 4.31 Å². The first-order chi connectivity index (χ1) is 13.8. The van der Waals surface area contributed by atoms with Crippen molar-refractivity contribution in [1.29, 1.82) is 0 Å². The molecule has 0 aliphatic carbocycles. The summed E-state index contributed by atoms with van der Waals surface area (Å²) < 4.78 is 27.3. The summed E-state index contributed by atoms with van der Waals surface area (Å²) in [7, 11) is -3.54. The van der Waals surface area contributed by atoms with Crippen molar-refractivity contribution < 1.29 is 22.9 Å². The summed E-state index contributed by atoms with van der Waals surface area (Å²) in [6.07, 6.45) is 1.80. The molecule has 1 atom stereocenters. The van der Waals surface area contributed by atoms with Gasteiger partial charge in [0.15, 0.2) is 6.54 Å². The summed E-state index contributed by atoms with van der Waals surface area (Å²) in [5.41, 5.74) is 1.13. The molecular formula is C20H33N4O4S+. The van der Waals surface area contributed by atoms with Crippen LogP contribution in [0.1, 0.15) is 45.1 Å². The summed E-state index contributed by atoms with van der Waals surface area (Å²) in [6.45, 7) is 8.56. The van der Waals surface area contributed by atoms with E-state index in [0.29, 0.717) is 43.5 Å². The highest BCUT2D eigenvalue weighted by Crippen LogP contribution is 2.22. The molecular weight excluding hydrogens is 392 g/mol. The molecule has 0 saturated carbocycles. The zero-order chi connectivity index (χ0) is 21.4. The van der Waals surface area contributed by atoms with Crippen molar-refractivity contribution in [3.05, 3.63) is 29.8 Å². The predicted molar refractivity (Wildman–Crippen MR) is 111 cm³/mol. The third kappa shape index (κ3) is 6.52. The van der Waals surface area contributed by atoms with Gasteiger partial charge in [0, 0.05) is 6.54 Å². The standard InChI is InChI=1S/C20H32N4O4S/c1-4-10-21-20(26)22-19(25)15-23-11-13-24(14-12-23)29(27,28)18-8-6-17(7-9-18)16(3)5-2/h6-9,16H,4-5,10-15H2,1-3H3,(H2,21,22,25,26)/p+1/t16-/m0/s1. The number of piperazine rings is 1. The van der Waals surface area contributed by atoms with Crippen LogP contribution in [0.4, 0.5) is 4.79 Å². The Hall–Kier alpha value is -1.97. The molecule has 1 aromatic rings. The fourth-order valence-electron chi connectivity index (χ4n) is 3.25. The molecule has 1 aliphatic rings. The van der Waals surface area contributed by atoms with Crippen molar-refractivity contribution >= 4 is 22.0 Å². The summed E-state index contributed by atoms with van der Waals surface area (Å²) in [5, 5.41) is 4.90. The Bertz CT molecular complexity index is 787. The van der Waals surface area contributed by atoms with Crippen LogP contribution in [0.3, 0.4) is 0 Å². The van der Waals surface area contributed by atoms with Crippen LogP contribution < -0.4 is 15.5 Å². The van der Waals surface area contributed by atoms with Crippen LogP contribution in [0.5, 0.6) is 0 Å². The predicted octanol–water partition coefficient (Wildman–Crippen LogP) is 0.325. The molecule has 0 aromatic heterocycles. The van der Waals surface area contributed by atoms with Crippen LogP contribution in [0, 0.1) is 0 Å². The number of rotatable bonds is 8. The number of quaternary nitrogens is 1. The van der Waals surface area contributed by atoms with Crippen LogP contribution in [0.15, 0.2) is 29.2 Å². The molecule has 8 nitrogen and oxygen atoms in total. The van der Waals surface area contributed by atoms with Crippen molar-refractivity contribution in [2.45, 2.75) is 44.4 Å². The zero-order valence-electron chi connectivity index (χ0n) is 17.5. The lowest BCUT2D eigenvalue weighted by Gasteiger charge is -2.31. The van der Waals surface area contributed by atoms with Gasteiger partial charge < -0.3 is 10.2 Å². The third-order valence-corrected chi connectivity index (χ3v) is 7.24. The Kier molecular flexibility index (Phi) is 8.60. The minimum Gasteiger partial charge on any atom is -0.338 e. The van der Waals surface area contributed by atoms with E-state index in [2.05, 4.69) is 24.5 Å². The number of carbonyl (C=O) groups is 2. The number of hydrogen-bond acceptors (Lipinski definition) is 4. The highest BCUT2D eigenvalue weighted by molar-refractivity contribution is 7.89. The minimum absolute atomic E-state index is 0.150. The van der Waals surface area contributed by atoms with Crippen molar-refractivity contribution in [2.75, 3.05) is 39.3 Å². The van der Waals surface area contributed by atoms with Gasteiger partial charge in [-0.3, -0.25) is 10.1 Å². The second-order valence-electron chi connectivity index (χ2n) is 7.51. The Morgan fingerprint density at radius 1 is 1.14 bits per heavy atom. The highest BCUT2D eigenvalue weighted by Gasteiger charge is 2.31. The average Bonchev–Trinajstić information content (AvgIpc) is 2.72. The Morgan fingerprint density at radius 3 is 2.31 bits per heavy atom. The van der Waals surface area contributed by atoms with Gasteiger partial charge in [-0.2, -0.15) is 4.31 Å². The first-order valence-electron chi connectivity index (χ1n) is 10.3. The lowest BCUT2D eigenvalue weighted by Crippen LogP contribution is -3.15. The molecule has 0 unspecified atom stereocenters. The van der Waals surface area contributed by atoms with E-state index in [-0.39, 0.29) is 12.5 Å². The number of sulfonamides is 1. The Labute approximate surface area is 173 Å². The van der Waals surface area contributed by atoms with Gasteiger partial charge in [-0.15, -0.1) is 0 Å². The number of hydrogen-bond donors (Lipinski definition) is 3. The number of carbonyl (C=O) groups excluding carboxylic acids is 2. The van der Waals surface area contributed by atoms with Crippen molar-refractivity contribution in [1.82, 2.24) is 14.9 Å². The number of nitrogens with zero attached hydrogens (tertiary/aromatic N) is 1. The normalized spacial score (nSPS) is 16.9. The molecule has 3 N–H and O–H groups in total. The van der Waals surface area contributed by atoms with Crippen LogP contribution in [-0.4, -0.2) is 63.9 Å². The van der Waals surface area contributed by atoms with Gasteiger partial charge in [-0.25, -0.2) is 13.2 Å². The summed E-state index contributed by atoms with van der Waals surface area (Å²) in [4.78, 5) is 24.8. The van der Waals surface area contributed by atoms with Gasteiger partial charge in [-0.05, 0) is 36.5 Å². The van der Waals surface area contributed by atoms with Crippen molar-refractivity contribution in [3.63, 3.8) is 0 Å². The summed E-state index contributed by atoms with van der Waals surface area (Å²) in [5.74, 6) is 0.0413. The maximum absolute atomic E-state index is 12.9. The molecule has 1 fully saturated rings. The number of nitrogens with one attached hydrogen (secondary N) is 3. The average molecular weight is 426 g/mol. The molecule has 1 aromatic carbocycles. The highest BCUT2D eigenvalue weighted by atomic mass is 32.2. The fraction of sp³-hybridized carbons (Fsp3) is 0.600. The molecule has 0 bridgehead atoms. The van der Waals surface area contributed by atoms with Gasteiger partial charge in [0.05, 0.1) is 31.1 Å². The molecule has 29 heavy (non-hydrogen) atoms. The zero-order valence-corrected chi connectivity index (χ0v) is 18.3. The number of benzene rings is 1. The molecule has 162 valence electrons. The van der Waals surface area contributed by atoms with Crippen LogP contribution in [-0.2, 0) is 14.8 Å². The van der Waals surface area contributed by atoms with Crippen LogP contribution in [0.25, 0.3) is 0 Å². The summed E-state index contributed by atoms with van der Waals surface area (Å²) in [6, 6.07) is 6.64. The molecule has 0 radical (unpaired) electrons.